The molecule has 0 amide bonds. The Kier molecular flexibility index (Phi) is 4.88. The van der Waals surface area contributed by atoms with E-state index in [0.717, 1.165) is 11.1 Å². The second-order valence-corrected chi connectivity index (χ2v) is 6.69. The van der Waals surface area contributed by atoms with Gasteiger partial charge in [-0.1, -0.05) is 58.0 Å². The van der Waals surface area contributed by atoms with Crippen LogP contribution in [0.3, 0.4) is 0 Å². The third-order valence-electron chi connectivity index (χ3n) is 4.22. The Morgan fingerprint density at radius 1 is 0.739 bits per heavy atom. The second kappa shape index (κ2) is 6.38. The third kappa shape index (κ3) is 3.77. The van der Waals surface area contributed by atoms with Gasteiger partial charge < -0.3 is 0 Å². The molecule has 23 heavy (non-hydrogen) atoms. The lowest BCUT2D eigenvalue weighted by Crippen LogP contribution is -2.09. The molecule has 0 saturated heterocycles. The average molecular weight is 320 g/mol. The van der Waals surface area contributed by atoms with Crippen molar-refractivity contribution in [3.8, 4) is 11.1 Å². The van der Waals surface area contributed by atoms with Gasteiger partial charge in [-0.05, 0) is 52.6 Å². The Labute approximate surface area is 136 Å². The minimum atomic E-state index is -4.36. The predicted octanol–water partition coefficient (Wildman–Crippen LogP) is 6.93. The Morgan fingerprint density at radius 3 is 1.65 bits per heavy atom. The molecule has 2 aromatic rings. The molecule has 0 radical (unpaired) electrons. The number of alkyl halides is 3. The highest BCUT2D eigenvalue weighted by Gasteiger charge is 2.34. The van der Waals surface area contributed by atoms with E-state index in [1.165, 1.54) is 6.07 Å². The lowest BCUT2D eigenvalue weighted by Gasteiger charge is -2.18. The summed E-state index contributed by atoms with van der Waals surface area (Å²) in [5.74, 6) is 0.419. The monoisotopic (exact) mass is 320 g/mol. The highest BCUT2D eigenvalue weighted by atomic mass is 19.4. The van der Waals surface area contributed by atoms with Crippen LogP contribution in [0.4, 0.5) is 13.2 Å². The van der Waals surface area contributed by atoms with Crippen LogP contribution in [0.25, 0.3) is 11.1 Å². The normalized spacial score (nSPS) is 12.3. The maximum Gasteiger partial charge on any atom is 0.417 e. The molecule has 0 N–H and O–H groups in total. The zero-order valence-electron chi connectivity index (χ0n) is 14.3. The molecule has 2 aromatic carbocycles. The van der Waals surface area contributed by atoms with Crippen molar-refractivity contribution < 1.29 is 13.2 Å². The topological polar surface area (TPSA) is 0 Å². The summed E-state index contributed by atoms with van der Waals surface area (Å²) in [7, 11) is 0. The SMILES string of the molecule is Cc1cc(C(C)C)ccc1-c1ccc(C(C)C)cc1C(F)(F)F. The van der Waals surface area contributed by atoms with Crippen molar-refractivity contribution in [1.29, 1.82) is 0 Å². The molecule has 0 unspecified atom stereocenters. The highest BCUT2D eigenvalue weighted by Crippen LogP contribution is 2.40. The molecule has 0 atom stereocenters. The van der Waals surface area contributed by atoms with E-state index in [0.29, 0.717) is 17.0 Å². The Bertz CT molecular complexity index is 695. The summed E-state index contributed by atoms with van der Waals surface area (Å²) >= 11 is 0. The summed E-state index contributed by atoms with van der Waals surface area (Å²) in [5, 5.41) is 0. The van der Waals surface area contributed by atoms with E-state index in [1.807, 2.05) is 39.0 Å². The molecule has 0 spiro atoms. The zero-order valence-corrected chi connectivity index (χ0v) is 14.3. The van der Waals surface area contributed by atoms with Crippen molar-refractivity contribution in [3.63, 3.8) is 0 Å². The van der Waals surface area contributed by atoms with Crippen molar-refractivity contribution in [2.75, 3.05) is 0 Å². The summed E-state index contributed by atoms with van der Waals surface area (Å²) in [5.41, 5.74) is 3.07. The van der Waals surface area contributed by atoms with Crippen LogP contribution in [0.2, 0.25) is 0 Å². The van der Waals surface area contributed by atoms with Gasteiger partial charge in [-0.3, -0.25) is 0 Å². The molecule has 0 aliphatic rings. The Morgan fingerprint density at radius 2 is 1.22 bits per heavy atom. The molecule has 0 aliphatic carbocycles. The van der Waals surface area contributed by atoms with Crippen LogP contribution in [-0.4, -0.2) is 0 Å². The van der Waals surface area contributed by atoms with Crippen molar-refractivity contribution in [2.45, 2.75) is 52.6 Å². The van der Waals surface area contributed by atoms with Crippen molar-refractivity contribution >= 4 is 0 Å². The fraction of sp³-hybridized carbons (Fsp3) is 0.400. The van der Waals surface area contributed by atoms with E-state index in [1.54, 1.807) is 12.1 Å². The van der Waals surface area contributed by atoms with Crippen molar-refractivity contribution in [1.82, 2.24) is 0 Å². The molecule has 2 rings (SSSR count). The molecule has 0 fully saturated rings. The van der Waals surface area contributed by atoms with Gasteiger partial charge in [-0.2, -0.15) is 13.2 Å². The van der Waals surface area contributed by atoms with E-state index in [2.05, 4.69) is 13.8 Å². The molecule has 0 aliphatic heterocycles. The summed E-state index contributed by atoms with van der Waals surface area (Å²) in [4.78, 5) is 0. The fourth-order valence-electron chi connectivity index (χ4n) is 2.74. The molecule has 0 heterocycles. The van der Waals surface area contributed by atoms with E-state index in [4.69, 9.17) is 0 Å². The number of hydrogen-bond donors (Lipinski definition) is 0. The highest BCUT2D eigenvalue weighted by molar-refractivity contribution is 5.72. The van der Waals surface area contributed by atoms with Crippen molar-refractivity contribution in [2.24, 2.45) is 0 Å². The number of hydrogen-bond acceptors (Lipinski definition) is 0. The van der Waals surface area contributed by atoms with Crippen LogP contribution < -0.4 is 0 Å². The van der Waals surface area contributed by atoms with Gasteiger partial charge >= 0.3 is 6.18 Å². The first-order valence-electron chi connectivity index (χ1n) is 7.93. The molecule has 3 heteroatoms. The Balaban J connectivity index is 2.63. The first-order valence-corrected chi connectivity index (χ1v) is 7.93. The average Bonchev–Trinajstić information content (AvgIpc) is 2.45. The summed E-state index contributed by atoms with van der Waals surface area (Å²) < 4.78 is 40.5. The van der Waals surface area contributed by atoms with Gasteiger partial charge in [-0.15, -0.1) is 0 Å². The maximum absolute atomic E-state index is 13.5. The molecule has 0 nitrogen and oxygen atoms in total. The van der Waals surface area contributed by atoms with Gasteiger partial charge in [0.05, 0.1) is 5.56 Å². The molecule has 0 bridgehead atoms. The van der Waals surface area contributed by atoms with E-state index in [9.17, 15) is 13.2 Å². The maximum atomic E-state index is 13.5. The van der Waals surface area contributed by atoms with E-state index >= 15 is 0 Å². The number of benzene rings is 2. The molecular weight excluding hydrogens is 297 g/mol. The van der Waals surface area contributed by atoms with Crippen molar-refractivity contribution in [3.05, 3.63) is 58.7 Å². The number of rotatable bonds is 3. The van der Waals surface area contributed by atoms with Gasteiger partial charge in [0, 0.05) is 0 Å². The molecule has 124 valence electrons. The van der Waals surface area contributed by atoms with Crippen LogP contribution in [0, 0.1) is 6.92 Å². The minimum absolute atomic E-state index is 0.0644. The molecule has 0 aromatic heterocycles. The van der Waals surface area contributed by atoms with Crippen LogP contribution >= 0.6 is 0 Å². The predicted molar refractivity (Wildman–Crippen MR) is 89.8 cm³/mol. The number of halogens is 3. The van der Waals surface area contributed by atoms with Crippen LogP contribution in [0.15, 0.2) is 36.4 Å². The standard InChI is InChI=1S/C20H23F3/c1-12(2)15-6-8-17(14(5)10-15)18-9-7-16(13(3)4)11-19(18)20(21,22)23/h6-13H,1-5H3. The van der Waals surface area contributed by atoms with E-state index < -0.39 is 11.7 Å². The number of aryl methyl sites for hydroxylation is 1. The molecular formula is C20H23F3. The zero-order chi connectivity index (χ0) is 17.4. The quantitative estimate of drug-likeness (QED) is 0.575. The van der Waals surface area contributed by atoms with Gasteiger partial charge in [-0.25, -0.2) is 0 Å². The lowest BCUT2D eigenvalue weighted by molar-refractivity contribution is -0.137. The van der Waals surface area contributed by atoms with Gasteiger partial charge in [0.2, 0.25) is 0 Å². The van der Waals surface area contributed by atoms with Gasteiger partial charge in [0.25, 0.3) is 0 Å². The summed E-state index contributed by atoms with van der Waals surface area (Å²) in [6, 6.07) is 10.4. The van der Waals surface area contributed by atoms with Crippen LogP contribution in [0.1, 0.15) is 61.8 Å². The first kappa shape index (κ1) is 17.6. The van der Waals surface area contributed by atoms with E-state index in [-0.39, 0.29) is 11.5 Å². The first-order chi connectivity index (χ1) is 10.6. The smallest absolute Gasteiger partial charge is 0.166 e. The summed E-state index contributed by atoms with van der Waals surface area (Å²) in [6.45, 7) is 9.83. The largest absolute Gasteiger partial charge is 0.417 e. The minimum Gasteiger partial charge on any atom is -0.166 e. The van der Waals surface area contributed by atoms with Gasteiger partial charge in [0.15, 0.2) is 0 Å². The second-order valence-electron chi connectivity index (χ2n) is 6.69. The van der Waals surface area contributed by atoms with Crippen LogP contribution in [0.5, 0.6) is 0 Å². The Hall–Kier alpha value is -1.77. The molecule has 0 saturated carbocycles. The third-order valence-corrected chi connectivity index (χ3v) is 4.22. The van der Waals surface area contributed by atoms with Crippen LogP contribution in [-0.2, 0) is 6.18 Å². The lowest BCUT2D eigenvalue weighted by atomic mass is 9.89. The fourth-order valence-corrected chi connectivity index (χ4v) is 2.74. The summed E-state index contributed by atoms with van der Waals surface area (Å²) in [6.07, 6.45) is -4.36. The van der Waals surface area contributed by atoms with Gasteiger partial charge in [0.1, 0.15) is 0 Å².